The van der Waals surface area contributed by atoms with Crippen LogP contribution in [0.1, 0.15) is 16.7 Å². The van der Waals surface area contributed by atoms with Gasteiger partial charge in [0, 0.05) is 32.1 Å². The number of methoxy groups -OCH3 is 1. The molecule has 0 heterocycles. The summed E-state index contributed by atoms with van der Waals surface area (Å²) in [6, 6.07) is 6.75. The van der Waals surface area contributed by atoms with Crippen LogP contribution in [-0.4, -0.2) is 37.0 Å². The van der Waals surface area contributed by atoms with Crippen LogP contribution in [-0.2, 0) is 11.3 Å². The van der Waals surface area contributed by atoms with Gasteiger partial charge in [-0.15, -0.1) is 0 Å². The van der Waals surface area contributed by atoms with Crippen LogP contribution < -0.4 is 0 Å². The molecule has 0 spiro atoms. The van der Waals surface area contributed by atoms with Gasteiger partial charge >= 0.3 is 0 Å². The summed E-state index contributed by atoms with van der Waals surface area (Å²) in [6.07, 6.45) is 0. The summed E-state index contributed by atoms with van der Waals surface area (Å²) in [4.78, 5) is 2.41. The number of ether oxygens (including phenoxy) is 1. The maximum atomic E-state index is 5.15. The maximum absolute atomic E-state index is 5.15. The first-order valence-corrected chi connectivity index (χ1v) is 7.12. The van der Waals surface area contributed by atoms with Gasteiger partial charge in [0.05, 0.1) is 6.61 Å². The van der Waals surface area contributed by atoms with Gasteiger partial charge in [-0.25, -0.2) is 0 Å². The molecule has 0 N–H and O–H groups in total. The van der Waals surface area contributed by atoms with Crippen molar-refractivity contribution >= 4 is 15.9 Å². The zero-order valence-electron chi connectivity index (χ0n) is 11.0. The monoisotopic (exact) mass is 299 g/mol. The van der Waals surface area contributed by atoms with Crippen molar-refractivity contribution in [2.75, 3.05) is 32.1 Å². The van der Waals surface area contributed by atoms with Crippen LogP contribution in [0.2, 0.25) is 0 Å². The van der Waals surface area contributed by atoms with Crippen molar-refractivity contribution in [3.63, 3.8) is 0 Å². The molecule has 1 rings (SSSR count). The summed E-state index contributed by atoms with van der Waals surface area (Å²) < 4.78 is 5.15. The molecule has 1 aromatic rings. The fourth-order valence-electron chi connectivity index (χ4n) is 2.03. The SMILES string of the molecule is COCCN(CCBr)Cc1cc(C)cc(C)c1. The second kappa shape index (κ2) is 7.85. The van der Waals surface area contributed by atoms with E-state index in [1.807, 2.05) is 0 Å². The van der Waals surface area contributed by atoms with Crippen molar-refractivity contribution < 1.29 is 4.74 Å². The molecule has 0 aliphatic carbocycles. The Morgan fingerprint density at radius 1 is 1.12 bits per heavy atom. The normalized spacial score (nSPS) is 11.1. The van der Waals surface area contributed by atoms with Crippen molar-refractivity contribution in [1.82, 2.24) is 4.90 Å². The van der Waals surface area contributed by atoms with Crippen LogP contribution in [0.5, 0.6) is 0 Å². The zero-order chi connectivity index (χ0) is 12.7. The fourth-order valence-corrected chi connectivity index (χ4v) is 2.53. The Hall–Kier alpha value is -0.380. The van der Waals surface area contributed by atoms with Crippen molar-refractivity contribution in [3.8, 4) is 0 Å². The second-order valence-corrected chi connectivity index (χ2v) is 5.25. The molecular weight excluding hydrogens is 278 g/mol. The van der Waals surface area contributed by atoms with E-state index in [1.165, 1.54) is 16.7 Å². The molecule has 17 heavy (non-hydrogen) atoms. The van der Waals surface area contributed by atoms with Gasteiger partial charge in [0.1, 0.15) is 0 Å². The molecular formula is C14H22BrNO. The highest BCUT2D eigenvalue weighted by atomic mass is 79.9. The summed E-state index contributed by atoms with van der Waals surface area (Å²) in [5, 5.41) is 1.00. The maximum Gasteiger partial charge on any atom is 0.0589 e. The lowest BCUT2D eigenvalue weighted by atomic mass is 10.1. The van der Waals surface area contributed by atoms with Crippen molar-refractivity contribution in [2.24, 2.45) is 0 Å². The number of halogens is 1. The van der Waals surface area contributed by atoms with Crippen LogP contribution in [0, 0.1) is 13.8 Å². The molecule has 2 nitrogen and oxygen atoms in total. The summed E-state index contributed by atoms with van der Waals surface area (Å²) >= 11 is 3.50. The highest BCUT2D eigenvalue weighted by Gasteiger charge is 2.05. The number of rotatable bonds is 7. The topological polar surface area (TPSA) is 12.5 Å². The molecule has 0 unspecified atom stereocenters. The number of hydrogen-bond donors (Lipinski definition) is 0. The minimum absolute atomic E-state index is 0.789. The minimum atomic E-state index is 0.789. The van der Waals surface area contributed by atoms with Crippen molar-refractivity contribution in [2.45, 2.75) is 20.4 Å². The first kappa shape index (κ1) is 14.7. The third kappa shape index (κ3) is 5.66. The van der Waals surface area contributed by atoms with Crippen LogP contribution >= 0.6 is 15.9 Å². The quantitative estimate of drug-likeness (QED) is 0.717. The average molecular weight is 300 g/mol. The highest BCUT2D eigenvalue weighted by Crippen LogP contribution is 2.11. The van der Waals surface area contributed by atoms with E-state index in [4.69, 9.17) is 4.74 Å². The third-order valence-electron chi connectivity index (χ3n) is 2.70. The smallest absolute Gasteiger partial charge is 0.0589 e. The second-order valence-electron chi connectivity index (χ2n) is 4.45. The molecule has 1 aromatic carbocycles. The molecule has 0 amide bonds. The van der Waals surface area contributed by atoms with Crippen LogP contribution in [0.3, 0.4) is 0 Å². The van der Waals surface area contributed by atoms with E-state index in [0.717, 1.165) is 31.6 Å². The molecule has 0 aromatic heterocycles. The molecule has 0 radical (unpaired) electrons. The van der Waals surface area contributed by atoms with Gasteiger partial charge in [0.25, 0.3) is 0 Å². The molecule has 0 saturated carbocycles. The lowest BCUT2D eigenvalue weighted by Crippen LogP contribution is -2.28. The Bertz CT molecular complexity index is 321. The first-order chi connectivity index (χ1) is 8.15. The molecule has 0 aliphatic heterocycles. The van der Waals surface area contributed by atoms with Crippen LogP contribution in [0.4, 0.5) is 0 Å². The van der Waals surface area contributed by atoms with Crippen LogP contribution in [0.15, 0.2) is 18.2 Å². The number of aryl methyl sites for hydroxylation is 2. The van der Waals surface area contributed by atoms with Crippen molar-refractivity contribution in [3.05, 3.63) is 34.9 Å². The largest absolute Gasteiger partial charge is 0.383 e. The molecule has 0 saturated heterocycles. The molecule has 0 aliphatic rings. The van der Waals surface area contributed by atoms with Crippen LogP contribution in [0.25, 0.3) is 0 Å². The van der Waals surface area contributed by atoms with E-state index in [1.54, 1.807) is 7.11 Å². The van der Waals surface area contributed by atoms with Crippen molar-refractivity contribution in [1.29, 1.82) is 0 Å². The fraction of sp³-hybridized carbons (Fsp3) is 0.571. The summed E-state index contributed by atoms with van der Waals surface area (Å²) in [7, 11) is 1.75. The van der Waals surface area contributed by atoms with E-state index in [2.05, 4.69) is 52.9 Å². The van der Waals surface area contributed by atoms with Gasteiger partial charge in [0.15, 0.2) is 0 Å². The highest BCUT2D eigenvalue weighted by molar-refractivity contribution is 9.09. The number of hydrogen-bond acceptors (Lipinski definition) is 2. The number of benzene rings is 1. The Labute approximate surface area is 113 Å². The van der Waals surface area contributed by atoms with E-state index >= 15 is 0 Å². The van der Waals surface area contributed by atoms with Gasteiger partial charge in [-0.3, -0.25) is 4.90 Å². The van der Waals surface area contributed by atoms with E-state index < -0.39 is 0 Å². The molecule has 3 heteroatoms. The third-order valence-corrected chi connectivity index (χ3v) is 3.05. The molecule has 0 bridgehead atoms. The predicted octanol–water partition coefficient (Wildman–Crippen LogP) is 3.15. The number of alkyl halides is 1. The van der Waals surface area contributed by atoms with Gasteiger partial charge in [-0.2, -0.15) is 0 Å². The summed E-state index contributed by atoms with van der Waals surface area (Å²) in [5.41, 5.74) is 4.07. The van der Waals surface area contributed by atoms with Gasteiger partial charge in [-0.1, -0.05) is 45.3 Å². The Kier molecular flexibility index (Phi) is 6.78. The standard InChI is InChI=1S/C14H22BrNO/c1-12-8-13(2)10-14(9-12)11-16(5-4-15)6-7-17-3/h8-10H,4-7,11H2,1-3H3. The zero-order valence-corrected chi connectivity index (χ0v) is 12.6. The molecule has 0 fully saturated rings. The van der Waals surface area contributed by atoms with Gasteiger partial charge < -0.3 is 4.74 Å². The minimum Gasteiger partial charge on any atom is -0.383 e. The first-order valence-electron chi connectivity index (χ1n) is 6.00. The number of nitrogens with zero attached hydrogens (tertiary/aromatic N) is 1. The lowest BCUT2D eigenvalue weighted by Gasteiger charge is -2.21. The lowest BCUT2D eigenvalue weighted by molar-refractivity contribution is 0.148. The predicted molar refractivity (Wildman–Crippen MR) is 76.9 cm³/mol. The summed E-state index contributed by atoms with van der Waals surface area (Å²) in [6.45, 7) is 8.13. The Morgan fingerprint density at radius 3 is 2.29 bits per heavy atom. The summed E-state index contributed by atoms with van der Waals surface area (Å²) in [5.74, 6) is 0. The van der Waals surface area contributed by atoms with E-state index in [9.17, 15) is 0 Å². The van der Waals surface area contributed by atoms with Gasteiger partial charge in [0.2, 0.25) is 0 Å². The molecule has 96 valence electrons. The van der Waals surface area contributed by atoms with E-state index in [-0.39, 0.29) is 0 Å². The Morgan fingerprint density at radius 2 is 1.76 bits per heavy atom. The molecule has 0 atom stereocenters. The van der Waals surface area contributed by atoms with Gasteiger partial charge in [-0.05, 0) is 19.4 Å². The Balaban J connectivity index is 2.63. The average Bonchev–Trinajstić information content (AvgIpc) is 2.24. The van der Waals surface area contributed by atoms with E-state index in [0.29, 0.717) is 0 Å².